The van der Waals surface area contributed by atoms with Gasteiger partial charge < -0.3 is 15.0 Å². The van der Waals surface area contributed by atoms with E-state index in [0.717, 1.165) is 16.8 Å². The molecule has 0 saturated carbocycles. The van der Waals surface area contributed by atoms with Crippen molar-refractivity contribution in [1.82, 2.24) is 5.32 Å². The van der Waals surface area contributed by atoms with Crippen LogP contribution in [-0.2, 0) is 17.8 Å². The molecule has 0 spiro atoms. The Bertz CT molecular complexity index is 1050. The van der Waals surface area contributed by atoms with Crippen molar-refractivity contribution in [2.24, 2.45) is 0 Å². The summed E-state index contributed by atoms with van der Waals surface area (Å²) >= 11 is 0. The first-order valence-electron chi connectivity index (χ1n) is 9.74. The Balaban J connectivity index is 1.35. The number of para-hydroxylation sites is 2. The van der Waals surface area contributed by atoms with Crippen LogP contribution in [0.15, 0.2) is 72.8 Å². The van der Waals surface area contributed by atoms with Gasteiger partial charge in [-0.05, 0) is 53.9 Å². The molecular formula is C24H21FN2O3. The highest BCUT2D eigenvalue weighted by Gasteiger charge is 2.25. The molecule has 5 nitrogen and oxygen atoms in total. The fourth-order valence-corrected chi connectivity index (χ4v) is 3.34. The van der Waals surface area contributed by atoms with Gasteiger partial charge in [0.1, 0.15) is 11.6 Å². The minimum Gasteiger partial charge on any atom is -0.482 e. The van der Waals surface area contributed by atoms with Crippen molar-refractivity contribution in [3.8, 4) is 5.75 Å². The molecule has 30 heavy (non-hydrogen) atoms. The number of carbonyl (C=O) groups excluding carboxylic acids is 2. The van der Waals surface area contributed by atoms with Crippen molar-refractivity contribution in [1.29, 1.82) is 0 Å². The predicted molar refractivity (Wildman–Crippen MR) is 112 cm³/mol. The fourth-order valence-electron chi connectivity index (χ4n) is 3.34. The molecule has 0 saturated heterocycles. The molecule has 0 unspecified atom stereocenters. The van der Waals surface area contributed by atoms with Gasteiger partial charge in [0.15, 0.2) is 6.61 Å². The average molecular weight is 404 g/mol. The maximum Gasteiger partial charge on any atom is 0.265 e. The minimum atomic E-state index is -0.273. The zero-order valence-corrected chi connectivity index (χ0v) is 16.3. The normalized spacial score (nSPS) is 12.8. The topological polar surface area (TPSA) is 58.6 Å². The van der Waals surface area contributed by atoms with Crippen LogP contribution in [0.5, 0.6) is 5.75 Å². The summed E-state index contributed by atoms with van der Waals surface area (Å²) in [7, 11) is 0. The summed E-state index contributed by atoms with van der Waals surface area (Å²) < 4.78 is 18.4. The van der Waals surface area contributed by atoms with Gasteiger partial charge in [0.05, 0.1) is 12.2 Å². The number of rotatable bonds is 6. The molecule has 0 fully saturated rings. The number of benzene rings is 3. The van der Waals surface area contributed by atoms with E-state index in [0.29, 0.717) is 30.8 Å². The van der Waals surface area contributed by atoms with Crippen LogP contribution in [0.1, 0.15) is 21.5 Å². The van der Waals surface area contributed by atoms with Crippen LogP contribution in [0.3, 0.4) is 0 Å². The Hall–Kier alpha value is -3.67. The fraction of sp³-hybridized carbons (Fsp3) is 0.167. The van der Waals surface area contributed by atoms with Gasteiger partial charge in [-0.1, -0.05) is 36.4 Å². The molecule has 0 aliphatic carbocycles. The molecule has 6 heteroatoms. The molecule has 1 heterocycles. The number of fused-ring (bicyclic) bond motifs is 1. The Labute approximate surface area is 174 Å². The summed E-state index contributed by atoms with van der Waals surface area (Å²) in [6.07, 6.45) is 0.628. The van der Waals surface area contributed by atoms with E-state index in [1.807, 2.05) is 36.4 Å². The minimum absolute atomic E-state index is 0.0194. The molecule has 1 aliphatic rings. The van der Waals surface area contributed by atoms with Gasteiger partial charge in [0.25, 0.3) is 11.8 Å². The average Bonchev–Trinajstić information content (AvgIpc) is 2.77. The van der Waals surface area contributed by atoms with Gasteiger partial charge in [0.2, 0.25) is 0 Å². The van der Waals surface area contributed by atoms with Crippen molar-refractivity contribution >= 4 is 17.5 Å². The number of nitrogens with zero attached hydrogens (tertiary/aromatic N) is 1. The molecule has 0 bridgehead atoms. The van der Waals surface area contributed by atoms with Crippen LogP contribution < -0.4 is 15.0 Å². The lowest BCUT2D eigenvalue weighted by Crippen LogP contribution is -2.38. The second-order valence-corrected chi connectivity index (χ2v) is 7.07. The molecule has 0 atom stereocenters. The van der Waals surface area contributed by atoms with E-state index in [9.17, 15) is 14.0 Å². The maximum atomic E-state index is 12.9. The maximum absolute atomic E-state index is 12.9. The van der Waals surface area contributed by atoms with Gasteiger partial charge in [-0.2, -0.15) is 0 Å². The van der Waals surface area contributed by atoms with Gasteiger partial charge in [0, 0.05) is 12.1 Å². The van der Waals surface area contributed by atoms with Crippen molar-refractivity contribution in [2.45, 2.75) is 13.0 Å². The Morgan fingerprint density at radius 3 is 2.43 bits per heavy atom. The first-order chi connectivity index (χ1) is 14.6. The van der Waals surface area contributed by atoms with E-state index in [-0.39, 0.29) is 24.2 Å². The molecule has 1 aliphatic heterocycles. The van der Waals surface area contributed by atoms with Gasteiger partial charge in [-0.25, -0.2) is 4.39 Å². The van der Waals surface area contributed by atoms with Gasteiger partial charge >= 0.3 is 0 Å². The number of ether oxygens (including phenoxy) is 1. The van der Waals surface area contributed by atoms with E-state index in [1.165, 1.54) is 12.1 Å². The van der Waals surface area contributed by atoms with Crippen molar-refractivity contribution in [2.75, 3.05) is 18.1 Å². The van der Waals surface area contributed by atoms with Crippen LogP contribution in [0.2, 0.25) is 0 Å². The largest absolute Gasteiger partial charge is 0.482 e. The monoisotopic (exact) mass is 404 g/mol. The Morgan fingerprint density at radius 2 is 1.67 bits per heavy atom. The van der Waals surface area contributed by atoms with Crippen LogP contribution in [-0.4, -0.2) is 25.0 Å². The van der Waals surface area contributed by atoms with Crippen molar-refractivity contribution in [3.63, 3.8) is 0 Å². The van der Waals surface area contributed by atoms with Crippen LogP contribution in [0.4, 0.5) is 10.1 Å². The summed E-state index contributed by atoms with van der Waals surface area (Å²) in [4.78, 5) is 26.4. The third-order valence-corrected chi connectivity index (χ3v) is 4.98. The van der Waals surface area contributed by atoms with E-state index >= 15 is 0 Å². The van der Waals surface area contributed by atoms with E-state index in [4.69, 9.17) is 4.74 Å². The highest BCUT2D eigenvalue weighted by atomic mass is 19.1. The zero-order valence-electron chi connectivity index (χ0n) is 16.3. The Morgan fingerprint density at radius 1 is 0.967 bits per heavy atom. The standard InChI is InChI=1S/C24H21FN2O3/c25-20-11-7-17(8-12-20)13-14-26-24(29)19-9-5-18(6-10-19)15-27-21-3-1-2-4-22(21)30-16-23(27)28/h1-12H,13-16H2,(H,26,29). The summed E-state index contributed by atoms with van der Waals surface area (Å²) in [6, 6.07) is 20.9. The Kier molecular flexibility index (Phi) is 5.75. The lowest BCUT2D eigenvalue weighted by Gasteiger charge is -2.29. The zero-order chi connectivity index (χ0) is 20.9. The van der Waals surface area contributed by atoms with Crippen molar-refractivity contribution < 1.29 is 18.7 Å². The number of halogens is 1. The van der Waals surface area contributed by atoms with Gasteiger partial charge in [-0.15, -0.1) is 0 Å². The van der Waals surface area contributed by atoms with Crippen LogP contribution >= 0.6 is 0 Å². The molecule has 1 N–H and O–H groups in total. The number of hydrogen-bond donors (Lipinski definition) is 1. The SMILES string of the molecule is O=C(NCCc1ccc(F)cc1)c1ccc(CN2C(=O)COc3ccccc32)cc1. The summed E-state index contributed by atoms with van der Waals surface area (Å²) in [5.74, 6) is 0.146. The molecule has 152 valence electrons. The number of nitrogens with one attached hydrogen (secondary N) is 1. The molecule has 3 aromatic carbocycles. The summed E-state index contributed by atoms with van der Waals surface area (Å²) in [5.41, 5.74) is 3.17. The van der Waals surface area contributed by atoms with E-state index in [1.54, 1.807) is 29.2 Å². The third-order valence-electron chi connectivity index (χ3n) is 4.98. The highest BCUT2D eigenvalue weighted by Crippen LogP contribution is 2.32. The molecule has 2 amide bonds. The molecule has 0 aromatic heterocycles. The second kappa shape index (κ2) is 8.78. The van der Waals surface area contributed by atoms with E-state index in [2.05, 4.69) is 5.32 Å². The van der Waals surface area contributed by atoms with Crippen LogP contribution in [0.25, 0.3) is 0 Å². The smallest absolute Gasteiger partial charge is 0.265 e. The lowest BCUT2D eigenvalue weighted by atomic mass is 10.1. The number of amides is 2. The first-order valence-corrected chi connectivity index (χ1v) is 9.74. The lowest BCUT2D eigenvalue weighted by molar-refractivity contribution is -0.121. The first kappa shape index (κ1) is 19.6. The summed E-state index contributed by atoms with van der Waals surface area (Å²) in [5, 5.41) is 2.87. The van der Waals surface area contributed by atoms with E-state index < -0.39 is 0 Å². The molecular weight excluding hydrogens is 383 g/mol. The predicted octanol–water partition coefficient (Wildman–Crippen LogP) is 3.72. The highest BCUT2D eigenvalue weighted by molar-refractivity contribution is 5.98. The number of carbonyl (C=O) groups is 2. The van der Waals surface area contributed by atoms with Crippen LogP contribution in [0, 0.1) is 5.82 Å². The van der Waals surface area contributed by atoms with Gasteiger partial charge in [-0.3, -0.25) is 9.59 Å². The van der Waals surface area contributed by atoms with Crippen molar-refractivity contribution in [3.05, 3.63) is 95.3 Å². The quantitative estimate of drug-likeness (QED) is 0.681. The second-order valence-electron chi connectivity index (χ2n) is 7.07. The number of anilines is 1. The molecule has 3 aromatic rings. The summed E-state index contributed by atoms with van der Waals surface area (Å²) in [6.45, 7) is 0.891. The molecule has 4 rings (SSSR count). The number of hydrogen-bond acceptors (Lipinski definition) is 3. The third kappa shape index (κ3) is 4.49. The molecule has 0 radical (unpaired) electrons.